The third-order valence-electron chi connectivity index (χ3n) is 3.90. The summed E-state index contributed by atoms with van der Waals surface area (Å²) >= 11 is 0. The molecule has 1 aliphatic heterocycles. The Morgan fingerprint density at radius 3 is 2.56 bits per heavy atom. The standard InChI is InChI=1S/C18H15F2NO4/c1-18(10-11-4-2-3-5-14(11)15(22)25-18)16(23)21-12-6-8-13(9-7-12)24-17(19)20/h2-9,17H,10H2,1H3,(H,21,23)/t18-/m0/s1. The second-order valence-corrected chi connectivity index (χ2v) is 5.81. The lowest BCUT2D eigenvalue weighted by Crippen LogP contribution is -2.48. The van der Waals surface area contributed by atoms with Gasteiger partial charge in [0.25, 0.3) is 5.91 Å². The van der Waals surface area contributed by atoms with E-state index in [2.05, 4.69) is 10.1 Å². The minimum atomic E-state index is -2.92. The predicted molar refractivity (Wildman–Crippen MR) is 85.7 cm³/mol. The Balaban J connectivity index is 1.74. The van der Waals surface area contributed by atoms with Crippen molar-refractivity contribution in [2.75, 3.05) is 5.32 Å². The Hall–Kier alpha value is -2.96. The highest BCUT2D eigenvalue weighted by Gasteiger charge is 2.42. The molecule has 25 heavy (non-hydrogen) atoms. The lowest BCUT2D eigenvalue weighted by atomic mass is 9.89. The summed E-state index contributed by atoms with van der Waals surface area (Å²) in [5.74, 6) is -1.07. The van der Waals surface area contributed by atoms with Crippen LogP contribution in [0.3, 0.4) is 0 Å². The molecule has 7 heteroatoms. The van der Waals surface area contributed by atoms with E-state index < -0.39 is 24.1 Å². The van der Waals surface area contributed by atoms with Crippen molar-refractivity contribution in [3.05, 3.63) is 59.7 Å². The van der Waals surface area contributed by atoms with Crippen molar-refractivity contribution in [3.63, 3.8) is 0 Å². The molecule has 0 bridgehead atoms. The molecular formula is C18H15F2NO4. The zero-order valence-electron chi connectivity index (χ0n) is 13.3. The smallest absolute Gasteiger partial charge is 0.387 e. The van der Waals surface area contributed by atoms with Crippen molar-refractivity contribution in [2.24, 2.45) is 0 Å². The van der Waals surface area contributed by atoms with Crippen LogP contribution in [-0.4, -0.2) is 24.1 Å². The second kappa shape index (κ2) is 6.51. The molecule has 2 aromatic carbocycles. The summed E-state index contributed by atoms with van der Waals surface area (Å²) in [4.78, 5) is 24.7. The van der Waals surface area contributed by atoms with E-state index in [-0.39, 0.29) is 12.2 Å². The third kappa shape index (κ3) is 3.60. The van der Waals surface area contributed by atoms with Gasteiger partial charge in [0.2, 0.25) is 0 Å². The van der Waals surface area contributed by atoms with E-state index in [1.807, 2.05) is 0 Å². The lowest BCUT2D eigenvalue weighted by Gasteiger charge is -2.33. The summed E-state index contributed by atoms with van der Waals surface area (Å²) in [6.07, 6.45) is 0.243. The number of benzene rings is 2. The highest BCUT2D eigenvalue weighted by molar-refractivity contribution is 6.02. The van der Waals surface area contributed by atoms with Gasteiger partial charge in [0.05, 0.1) is 5.56 Å². The van der Waals surface area contributed by atoms with Crippen LogP contribution in [0.15, 0.2) is 48.5 Å². The second-order valence-electron chi connectivity index (χ2n) is 5.81. The number of fused-ring (bicyclic) bond motifs is 1. The number of amides is 1. The number of ether oxygens (including phenoxy) is 2. The zero-order chi connectivity index (χ0) is 18.0. The van der Waals surface area contributed by atoms with Gasteiger partial charge in [-0.05, 0) is 42.8 Å². The first kappa shape index (κ1) is 16.9. The molecule has 0 aliphatic carbocycles. The molecule has 0 saturated carbocycles. The maximum absolute atomic E-state index is 12.6. The molecule has 2 aromatic rings. The number of cyclic esters (lactones) is 1. The molecule has 130 valence electrons. The van der Waals surface area contributed by atoms with Crippen LogP contribution in [0.5, 0.6) is 5.75 Å². The van der Waals surface area contributed by atoms with Crippen molar-refractivity contribution < 1.29 is 27.8 Å². The van der Waals surface area contributed by atoms with Gasteiger partial charge in [0, 0.05) is 12.1 Å². The van der Waals surface area contributed by atoms with E-state index >= 15 is 0 Å². The maximum Gasteiger partial charge on any atom is 0.387 e. The summed E-state index contributed by atoms with van der Waals surface area (Å²) in [6, 6.07) is 12.4. The lowest BCUT2D eigenvalue weighted by molar-refractivity contribution is -0.134. The number of carbonyl (C=O) groups is 2. The highest BCUT2D eigenvalue weighted by atomic mass is 19.3. The molecule has 1 aliphatic rings. The van der Waals surface area contributed by atoms with E-state index in [1.165, 1.54) is 31.2 Å². The first-order valence-corrected chi connectivity index (χ1v) is 7.55. The van der Waals surface area contributed by atoms with Gasteiger partial charge in [-0.25, -0.2) is 4.79 Å². The van der Waals surface area contributed by atoms with Crippen LogP contribution < -0.4 is 10.1 Å². The molecule has 1 amide bonds. The van der Waals surface area contributed by atoms with Gasteiger partial charge in [-0.15, -0.1) is 0 Å². The minimum Gasteiger partial charge on any atom is -0.445 e. The fraction of sp³-hybridized carbons (Fsp3) is 0.222. The van der Waals surface area contributed by atoms with Crippen molar-refractivity contribution in [1.29, 1.82) is 0 Å². The summed E-state index contributed by atoms with van der Waals surface area (Å²) in [5.41, 5.74) is 0.199. The number of alkyl halides is 2. The Labute approximate surface area is 142 Å². The van der Waals surface area contributed by atoms with Gasteiger partial charge >= 0.3 is 12.6 Å². The van der Waals surface area contributed by atoms with E-state index in [1.54, 1.807) is 24.3 Å². The molecular weight excluding hydrogens is 332 g/mol. The molecule has 3 rings (SSSR count). The van der Waals surface area contributed by atoms with E-state index in [0.29, 0.717) is 11.3 Å². The number of esters is 1. The normalized spacial score (nSPS) is 19.1. The Bertz CT molecular complexity index is 807. The van der Waals surface area contributed by atoms with Crippen LogP contribution >= 0.6 is 0 Å². The Morgan fingerprint density at radius 1 is 1.20 bits per heavy atom. The number of hydrogen-bond donors (Lipinski definition) is 1. The first-order valence-electron chi connectivity index (χ1n) is 7.55. The molecule has 1 heterocycles. The van der Waals surface area contributed by atoms with Crippen molar-refractivity contribution in [1.82, 2.24) is 0 Å². The Kier molecular flexibility index (Phi) is 4.39. The molecule has 0 saturated heterocycles. The minimum absolute atomic E-state index is 0.0165. The van der Waals surface area contributed by atoms with Gasteiger partial charge in [-0.1, -0.05) is 18.2 Å². The fourth-order valence-corrected chi connectivity index (χ4v) is 2.64. The molecule has 1 atom stereocenters. The largest absolute Gasteiger partial charge is 0.445 e. The molecule has 0 radical (unpaired) electrons. The fourth-order valence-electron chi connectivity index (χ4n) is 2.64. The number of carbonyl (C=O) groups excluding carboxylic acids is 2. The molecule has 1 N–H and O–H groups in total. The van der Waals surface area contributed by atoms with E-state index in [4.69, 9.17) is 4.74 Å². The molecule has 0 spiro atoms. The third-order valence-corrected chi connectivity index (χ3v) is 3.90. The maximum atomic E-state index is 12.6. The van der Waals surface area contributed by atoms with Crippen LogP contribution in [0.25, 0.3) is 0 Å². The highest BCUT2D eigenvalue weighted by Crippen LogP contribution is 2.29. The van der Waals surface area contributed by atoms with Gasteiger partial charge in [-0.2, -0.15) is 8.78 Å². The quantitative estimate of drug-likeness (QED) is 0.861. The molecule has 0 unspecified atom stereocenters. The van der Waals surface area contributed by atoms with E-state index in [0.717, 1.165) is 5.56 Å². The van der Waals surface area contributed by atoms with Crippen molar-refractivity contribution in [3.8, 4) is 5.75 Å². The van der Waals surface area contributed by atoms with Crippen LogP contribution in [0.2, 0.25) is 0 Å². The van der Waals surface area contributed by atoms with Gasteiger partial charge in [0.15, 0.2) is 5.60 Å². The number of rotatable bonds is 4. The average Bonchev–Trinajstić information content (AvgIpc) is 2.56. The van der Waals surface area contributed by atoms with Gasteiger partial charge in [-0.3, -0.25) is 4.79 Å². The molecule has 0 aromatic heterocycles. The van der Waals surface area contributed by atoms with Crippen molar-refractivity contribution >= 4 is 17.6 Å². The topological polar surface area (TPSA) is 64.6 Å². The summed E-state index contributed by atoms with van der Waals surface area (Å²) in [7, 11) is 0. The average molecular weight is 347 g/mol. The number of nitrogens with one attached hydrogen (secondary N) is 1. The predicted octanol–water partition coefficient (Wildman–Crippen LogP) is 3.40. The number of hydrogen-bond acceptors (Lipinski definition) is 4. The molecule has 0 fully saturated rings. The number of halogens is 2. The van der Waals surface area contributed by atoms with Crippen molar-refractivity contribution in [2.45, 2.75) is 25.6 Å². The van der Waals surface area contributed by atoms with Crippen LogP contribution in [0, 0.1) is 0 Å². The van der Waals surface area contributed by atoms with Gasteiger partial charge < -0.3 is 14.8 Å². The van der Waals surface area contributed by atoms with Crippen LogP contribution in [0.4, 0.5) is 14.5 Å². The summed E-state index contributed by atoms with van der Waals surface area (Å²) in [5, 5.41) is 2.62. The number of anilines is 1. The Morgan fingerprint density at radius 2 is 1.88 bits per heavy atom. The zero-order valence-corrected chi connectivity index (χ0v) is 13.3. The monoisotopic (exact) mass is 347 g/mol. The first-order chi connectivity index (χ1) is 11.9. The van der Waals surface area contributed by atoms with E-state index in [9.17, 15) is 18.4 Å². The summed E-state index contributed by atoms with van der Waals surface area (Å²) < 4.78 is 33.9. The van der Waals surface area contributed by atoms with Crippen LogP contribution in [-0.2, 0) is 16.0 Å². The van der Waals surface area contributed by atoms with Gasteiger partial charge in [0.1, 0.15) is 5.75 Å². The van der Waals surface area contributed by atoms with Crippen LogP contribution in [0.1, 0.15) is 22.8 Å². The summed E-state index contributed by atoms with van der Waals surface area (Å²) in [6.45, 7) is -1.38. The molecule has 5 nitrogen and oxygen atoms in total. The SMILES string of the molecule is C[C@@]1(C(=O)Nc2ccc(OC(F)F)cc2)Cc2ccccc2C(=O)O1.